The molecular formula is C8H6N2O5. The van der Waals surface area contributed by atoms with Crippen LogP contribution in [0.2, 0.25) is 0 Å². The lowest BCUT2D eigenvalue weighted by molar-refractivity contribution is -0.606. The number of hydrogen-bond donors (Lipinski definition) is 1. The van der Waals surface area contributed by atoms with Gasteiger partial charge >= 0.3 is 5.97 Å². The molecular weight excluding hydrogens is 204 g/mol. The molecule has 0 fully saturated rings. The Balaban J connectivity index is 3.18. The quantitative estimate of drug-likeness (QED) is 0.254. The lowest BCUT2D eigenvalue weighted by Crippen LogP contribution is -2.24. The van der Waals surface area contributed by atoms with E-state index in [9.17, 15) is 20.1 Å². The first-order valence-corrected chi connectivity index (χ1v) is 3.79. The number of carboxylic acid groups (broad SMARTS) is 1. The monoisotopic (exact) mass is 210 g/mol. The number of aliphatic carboxylic acids is 1. The fraction of sp³-hybridized carbons (Fsp3) is 0. The fourth-order valence-electron chi connectivity index (χ4n) is 0.942. The third-order valence-corrected chi connectivity index (χ3v) is 1.54. The number of carbonyl (C=O) groups is 1. The van der Waals surface area contributed by atoms with E-state index in [0.717, 1.165) is 30.6 Å². The summed E-state index contributed by atoms with van der Waals surface area (Å²) in [6, 6.07) is 1.01. The van der Waals surface area contributed by atoms with Gasteiger partial charge in [0, 0.05) is 6.08 Å². The van der Waals surface area contributed by atoms with Crippen molar-refractivity contribution in [3.63, 3.8) is 0 Å². The Morgan fingerprint density at radius 2 is 2.27 bits per heavy atom. The minimum absolute atomic E-state index is 0.0556. The van der Waals surface area contributed by atoms with E-state index < -0.39 is 10.9 Å². The molecule has 0 radical (unpaired) electrons. The highest BCUT2D eigenvalue weighted by Gasteiger charge is 2.14. The van der Waals surface area contributed by atoms with Gasteiger partial charge in [-0.25, -0.2) is 4.79 Å². The number of hydrogen-bond acceptors (Lipinski definition) is 4. The molecule has 0 amide bonds. The minimum atomic E-state index is -1.24. The van der Waals surface area contributed by atoms with Gasteiger partial charge in [0.2, 0.25) is 0 Å². The summed E-state index contributed by atoms with van der Waals surface area (Å²) in [5.41, 5.74) is -0.375. The van der Waals surface area contributed by atoms with Crippen LogP contribution >= 0.6 is 0 Å². The summed E-state index contributed by atoms with van der Waals surface area (Å²) < 4.78 is 0.356. The number of nitrogens with zero attached hydrogens (tertiary/aromatic N) is 2. The Labute approximate surface area is 83.6 Å². The lowest BCUT2D eigenvalue weighted by atomic mass is 10.2. The zero-order valence-corrected chi connectivity index (χ0v) is 7.36. The molecule has 0 aromatic carbocycles. The maximum absolute atomic E-state index is 10.8. The average molecular weight is 210 g/mol. The van der Waals surface area contributed by atoms with Gasteiger partial charge < -0.3 is 10.3 Å². The van der Waals surface area contributed by atoms with E-state index in [4.69, 9.17) is 5.11 Å². The van der Waals surface area contributed by atoms with Gasteiger partial charge in [-0.1, -0.05) is 0 Å². The van der Waals surface area contributed by atoms with Gasteiger partial charge in [0.05, 0.1) is 11.0 Å². The summed E-state index contributed by atoms with van der Waals surface area (Å²) in [6.07, 6.45) is 3.62. The summed E-state index contributed by atoms with van der Waals surface area (Å²) in [4.78, 5) is 20.0. The molecule has 7 nitrogen and oxygen atoms in total. The zero-order valence-electron chi connectivity index (χ0n) is 7.36. The molecule has 0 spiro atoms. The Bertz CT molecular complexity index is 441. The molecule has 0 aliphatic rings. The average Bonchev–Trinajstić information content (AvgIpc) is 2.14. The predicted octanol–water partition coefficient (Wildman–Crippen LogP) is 0.326. The normalized spacial score (nSPS) is 10.4. The highest BCUT2D eigenvalue weighted by molar-refractivity contribution is 5.86. The highest BCUT2D eigenvalue weighted by Crippen LogP contribution is 2.16. The molecule has 15 heavy (non-hydrogen) atoms. The van der Waals surface area contributed by atoms with E-state index in [0.29, 0.717) is 4.73 Å². The van der Waals surface area contributed by atoms with Crippen LogP contribution < -0.4 is 4.73 Å². The Morgan fingerprint density at radius 3 is 2.80 bits per heavy atom. The maximum Gasteiger partial charge on any atom is 0.328 e. The second kappa shape index (κ2) is 4.18. The summed E-state index contributed by atoms with van der Waals surface area (Å²) in [7, 11) is 0. The van der Waals surface area contributed by atoms with Crippen LogP contribution in [0.15, 0.2) is 24.5 Å². The molecule has 78 valence electrons. The van der Waals surface area contributed by atoms with Crippen LogP contribution in [0.25, 0.3) is 6.08 Å². The predicted molar refractivity (Wildman–Crippen MR) is 48.7 cm³/mol. The van der Waals surface area contributed by atoms with Gasteiger partial charge in [-0.05, 0) is 6.08 Å². The molecule has 0 aliphatic carbocycles. The molecule has 1 aromatic heterocycles. The highest BCUT2D eigenvalue weighted by atomic mass is 16.6. The van der Waals surface area contributed by atoms with Crippen molar-refractivity contribution in [2.75, 3.05) is 0 Å². The molecule has 7 heteroatoms. The molecule has 0 saturated carbocycles. The summed E-state index contributed by atoms with van der Waals surface area (Å²) in [6.45, 7) is 0. The van der Waals surface area contributed by atoms with Crippen molar-refractivity contribution < 1.29 is 19.6 Å². The van der Waals surface area contributed by atoms with Crippen molar-refractivity contribution in [1.29, 1.82) is 0 Å². The molecule has 0 saturated heterocycles. The number of rotatable bonds is 3. The third kappa shape index (κ3) is 2.76. The van der Waals surface area contributed by atoms with Crippen LogP contribution in [0.1, 0.15) is 5.56 Å². The van der Waals surface area contributed by atoms with E-state index in [1.54, 1.807) is 0 Å². The standard InChI is InChI=1S/C8H6N2O5/c11-8(12)2-1-6-5-9(13)4-3-7(6)10(14)15/h1-5H,(H,11,12). The molecule has 1 heterocycles. The SMILES string of the molecule is O=C(O)C=Cc1c[n+]([O-])ccc1[N+](=O)[O-]. The van der Waals surface area contributed by atoms with Crippen molar-refractivity contribution in [2.24, 2.45) is 0 Å². The smallest absolute Gasteiger partial charge is 0.328 e. The van der Waals surface area contributed by atoms with Crippen LogP contribution in [-0.2, 0) is 4.79 Å². The Hall–Kier alpha value is -2.44. The number of pyridine rings is 1. The van der Waals surface area contributed by atoms with Gasteiger partial charge in [0.1, 0.15) is 5.56 Å². The van der Waals surface area contributed by atoms with Crippen LogP contribution in [0.4, 0.5) is 5.69 Å². The van der Waals surface area contributed by atoms with E-state index in [2.05, 4.69) is 0 Å². The van der Waals surface area contributed by atoms with Gasteiger partial charge in [-0.3, -0.25) is 10.1 Å². The van der Waals surface area contributed by atoms with E-state index in [-0.39, 0.29) is 11.3 Å². The second-order valence-electron chi connectivity index (χ2n) is 2.57. The van der Waals surface area contributed by atoms with Crippen molar-refractivity contribution in [3.05, 3.63) is 45.4 Å². The number of carboxylic acids is 1. The first kappa shape index (κ1) is 10.6. The first-order chi connectivity index (χ1) is 7.00. The molecule has 1 aromatic rings. The van der Waals surface area contributed by atoms with E-state index in [1.165, 1.54) is 0 Å². The Kier molecular flexibility index (Phi) is 2.97. The summed E-state index contributed by atoms with van der Waals surface area (Å²) in [5.74, 6) is -1.24. The molecule has 0 aliphatic heterocycles. The number of nitro groups is 1. The second-order valence-corrected chi connectivity index (χ2v) is 2.57. The van der Waals surface area contributed by atoms with Gasteiger partial charge in [-0.15, -0.1) is 0 Å². The molecule has 1 rings (SSSR count). The molecule has 0 bridgehead atoms. The minimum Gasteiger partial charge on any atom is -0.619 e. The van der Waals surface area contributed by atoms with E-state index >= 15 is 0 Å². The molecule has 1 N–H and O–H groups in total. The van der Waals surface area contributed by atoms with Crippen LogP contribution in [0.5, 0.6) is 0 Å². The van der Waals surface area contributed by atoms with Crippen molar-refractivity contribution in [2.45, 2.75) is 0 Å². The third-order valence-electron chi connectivity index (χ3n) is 1.54. The summed E-state index contributed by atoms with van der Waals surface area (Å²) in [5, 5.41) is 29.6. The lowest BCUT2D eigenvalue weighted by Gasteiger charge is -1.97. The van der Waals surface area contributed by atoms with E-state index in [1.807, 2.05) is 0 Å². The van der Waals surface area contributed by atoms with Crippen LogP contribution in [0, 0.1) is 15.3 Å². The Morgan fingerprint density at radius 1 is 1.60 bits per heavy atom. The van der Waals surface area contributed by atoms with Crippen LogP contribution in [-0.4, -0.2) is 16.0 Å². The zero-order chi connectivity index (χ0) is 11.4. The van der Waals surface area contributed by atoms with Crippen molar-refractivity contribution >= 4 is 17.7 Å². The number of aromatic nitrogens is 1. The first-order valence-electron chi connectivity index (χ1n) is 3.79. The van der Waals surface area contributed by atoms with Crippen molar-refractivity contribution in [3.8, 4) is 0 Å². The van der Waals surface area contributed by atoms with Crippen LogP contribution in [0.3, 0.4) is 0 Å². The van der Waals surface area contributed by atoms with Gasteiger partial charge in [0.25, 0.3) is 5.69 Å². The molecule has 0 atom stereocenters. The topological polar surface area (TPSA) is 107 Å². The molecule has 0 unspecified atom stereocenters. The maximum atomic E-state index is 10.8. The largest absolute Gasteiger partial charge is 0.619 e. The van der Waals surface area contributed by atoms with Gasteiger partial charge in [-0.2, -0.15) is 4.73 Å². The fourth-order valence-corrected chi connectivity index (χ4v) is 0.942. The van der Waals surface area contributed by atoms with Crippen molar-refractivity contribution in [1.82, 2.24) is 0 Å². The summed E-state index contributed by atoms with van der Waals surface area (Å²) >= 11 is 0. The van der Waals surface area contributed by atoms with Gasteiger partial charge in [0.15, 0.2) is 12.4 Å².